The van der Waals surface area contributed by atoms with Crippen LogP contribution in [0.4, 0.5) is 4.79 Å². The minimum atomic E-state index is -0.0666. The van der Waals surface area contributed by atoms with Gasteiger partial charge in [-0.2, -0.15) is 0 Å². The van der Waals surface area contributed by atoms with Crippen LogP contribution in [0.1, 0.15) is 24.0 Å². The van der Waals surface area contributed by atoms with Crippen molar-refractivity contribution in [1.82, 2.24) is 10.2 Å². The minimum Gasteiger partial charge on any atom is -0.493 e. The third-order valence-electron chi connectivity index (χ3n) is 4.42. The van der Waals surface area contributed by atoms with E-state index >= 15 is 0 Å². The quantitative estimate of drug-likeness (QED) is 0.896. The molecule has 0 saturated carbocycles. The Bertz CT molecular complexity index is 557. The number of ether oxygens (including phenoxy) is 1. The molecule has 0 unspecified atom stereocenters. The van der Waals surface area contributed by atoms with E-state index in [-0.39, 0.29) is 12.6 Å². The summed E-state index contributed by atoms with van der Waals surface area (Å²) in [6.07, 6.45) is 2.59. The van der Waals surface area contributed by atoms with Crippen LogP contribution in [0.2, 0.25) is 5.02 Å². The zero-order valence-corrected chi connectivity index (χ0v) is 13.2. The van der Waals surface area contributed by atoms with Crippen LogP contribution in [0.3, 0.4) is 0 Å². The van der Waals surface area contributed by atoms with Gasteiger partial charge in [0.25, 0.3) is 0 Å². The molecule has 6 heteroatoms. The molecule has 0 aliphatic carbocycles. The number of nitrogens with zero attached hydrogens (tertiary/aromatic N) is 1. The number of likely N-dealkylation sites (tertiary alicyclic amines) is 1. The SMILES string of the molecule is O=C(NCc1cc(Cl)cc2c1OCC2)N1CCC(CO)CC1. The van der Waals surface area contributed by atoms with Gasteiger partial charge < -0.3 is 20.1 Å². The predicted octanol–water partition coefficient (Wildman–Crippen LogP) is 2.19. The van der Waals surface area contributed by atoms with Crippen LogP contribution >= 0.6 is 11.6 Å². The van der Waals surface area contributed by atoms with Gasteiger partial charge in [0, 0.05) is 43.2 Å². The molecule has 2 aliphatic rings. The Labute approximate surface area is 135 Å². The first-order valence-electron chi connectivity index (χ1n) is 7.75. The third kappa shape index (κ3) is 3.31. The smallest absolute Gasteiger partial charge is 0.317 e. The lowest BCUT2D eigenvalue weighted by atomic mass is 9.98. The van der Waals surface area contributed by atoms with E-state index < -0.39 is 0 Å². The third-order valence-corrected chi connectivity index (χ3v) is 4.63. The second-order valence-corrected chi connectivity index (χ2v) is 6.36. The molecule has 3 rings (SSSR count). The number of nitrogens with one attached hydrogen (secondary N) is 1. The van der Waals surface area contributed by atoms with Crippen molar-refractivity contribution in [3.8, 4) is 5.75 Å². The van der Waals surface area contributed by atoms with E-state index in [0.717, 1.165) is 36.1 Å². The van der Waals surface area contributed by atoms with Gasteiger partial charge in [-0.3, -0.25) is 0 Å². The molecular formula is C16H21ClN2O3. The van der Waals surface area contributed by atoms with Gasteiger partial charge in [0.15, 0.2) is 0 Å². The summed E-state index contributed by atoms with van der Waals surface area (Å²) in [6, 6.07) is 3.71. The summed E-state index contributed by atoms with van der Waals surface area (Å²) < 4.78 is 5.64. The zero-order chi connectivity index (χ0) is 15.5. The molecule has 0 spiro atoms. The van der Waals surface area contributed by atoms with Crippen LogP contribution in [-0.4, -0.2) is 42.3 Å². The van der Waals surface area contributed by atoms with Crippen molar-refractivity contribution in [1.29, 1.82) is 0 Å². The minimum absolute atomic E-state index is 0.0666. The van der Waals surface area contributed by atoms with Crippen LogP contribution < -0.4 is 10.1 Å². The lowest BCUT2D eigenvalue weighted by Gasteiger charge is -2.31. The van der Waals surface area contributed by atoms with Crippen molar-refractivity contribution >= 4 is 17.6 Å². The standard InChI is InChI=1S/C16H21ClN2O3/c17-14-7-12-3-6-22-15(12)13(8-14)9-18-16(21)19-4-1-11(10-20)2-5-19/h7-8,11,20H,1-6,9-10H2,(H,18,21). The molecule has 1 aromatic carbocycles. The fraction of sp³-hybridized carbons (Fsp3) is 0.562. The number of piperidine rings is 1. The van der Waals surface area contributed by atoms with Crippen molar-refractivity contribution in [2.45, 2.75) is 25.8 Å². The molecule has 5 nitrogen and oxygen atoms in total. The summed E-state index contributed by atoms with van der Waals surface area (Å²) in [7, 11) is 0. The van der Waals surface area contributed by atoms with Crippen molar-refractivity contribution in [3.05, 3.63) is 28.3 Å². The summed E-state index contributed by atoms with van der Waals surface area (Å²) in [6.45, 7) is 2.69. The molecule has 120 valence electrons. The largest absolute Gasteiger partial charge is 0.493 e. The van der Waals surface area contributed by atoms with E-state index in [0.29, 0.717) is 37.2 Å². The maximum absolute atomic E-state index is 12.2. The van der Waals surface area contributed by atoms with Gasteiger partial charge >= 0.3 is 6.03 Å². The number of halogens is 1. The highest BCUT2D eigenvalue weighted by Crippen LogP contribution is 2.32. The van der Waals surface area contributed by atoms with Gasteiger partial charge in [0.05, 0.1) is 6.61 Å². The monoisotopic (exact) mass is 324 g/mol. The average molecular weight is 325 g/mol. The Hall–Kier alpha value is -1.46. The second kappa shape index (κ2) is 6.75. The molecule has 2 N–H and O–H groups in total. The van der Waals surface area contributed by atoms with Gasteiger partial charge in [-0.1, -0.05) is 11.6 Å². The molecule has 0 radical (unpaired) electrons. The highest BCUT2D eigenvalue weighted by molar-refractivity contribution is 6.30. The number of benzene rings is 1. The van der Waals surface area contributed by atoms with E-state index in [2.05, 4.69) is 5.32 Å². The van der Waals surface area contributed by atoms with Gasteiger partial charge in [-0.25, -0.2) is 4.79 Å². The molecule has 2 amide bonds. The van der Waals surface area contributed by atoms with E-state index in [4.69, 9.17) is 21.4 Å². The summed E-state index contributed by atoms with van der Waals surface area (Å²) in [5.74, 6) is 1.19. The van der Waals surface area contributed by atoms with Crippen molar-refractivity contribution in [3.63, 3.8) is 0 Å². The normalized spacial score (nSPS) is 18.0. The maximum atomic E-state index is 12.2. The number of hydrogen-bond acceptors (Lipinski definition) is 3. The fourth-order valence-electron chi connectivity index (χ4n) is 3.08. The maximum Gasteiger partial charge on any atom is 0.317 e. The van der Waals surface area contributed by atoms with Crippen LogP contribution in [0.25, 0.3) is 0 Å². The molecular weight excluding hydrogens is 304 g/mol. The number of rotatable bonds is 3. The van der Waals surface area contributed by atoms with Gasteiger partial charge in [0.2, 0.25) is 0 Å². The second-order valence-electron chi connectivity index (χ2n) is 5.92. The molecule has 0 aromatic heterocycles. The summed E-state index contributed by atoms with van der Waals surface area (Å²) in [4.78, 5) is 14.0. The Morgan fingerprint density at radius 1 is 1.41 bits per heavy atom. The summed E-state index contributed by atoms with van der Waals surface area (Å²) >= 11 is 6.12. The molecule has 1 aromatic rings. The number of hydrogen-bond donors (Lipinski definition) is 2. The molecule has 1 fully saturated rings. The molecule has 2 aliphatic heterocycles. The Kier molecular flexibility index (Phi) is 4.74. The fourth-order valence-corrected chi connectivity index (χ4v) is 3.34. The highest BCUT2D eigenvalue weighted by atomic mass is 35.5. The molecule has 22 heavy (non-hydrogen) atoms. The summed E-state index contributed by atoms with van der Waals surface area (Å²) in [5, 5.41) is 12.8. The highest BCUT2D eigenvalue weighted by Gasteiger charge is 2.23. The van der Waals surface area contributed by atoms with Crippen LogP contribution in [0.15, 0.2) is 12.1 Å². The lowest BCUT2D eigenvalue weighted by molar-refractivity contribution is 0.137. The first-order chi connectivity index (χ1) is 10.7. The van der Waals surface area contributed by atoms with Crippen molar-refractivity contribution < 1.29 is 14.6 Å². The molecule has 0 atom stereocenters. The molecule has 0 bridgehead atoms. The van der Waals surface area contributed by atoms with Gasteiger partial charge in [-0.05, 0) is 36.5 Å². The Balaban J connectivity index is 1.58. The van der Waals surface area contributed by atoms with Gasteiger partial charge in [0.1, 0.15) is 5.75 Å². The van der Waals surface area contributed by atoms with E-state index in [1.807, 2.05) is 12.1 Å². The number of carbonyl (C=O) groups is 1. The van der Waals surface area contributed by atoms with E-state index in [1.54, 1.807) is 4.90 Å². The number of carbonyl (C=O) groups excluding carboxylic acids is 1. The average Bonchev–Trinajstić information content (AvgIpc) is 3.00. The first-order valence-corrected chi connectivity index (χ1v) is 8.13. The van der Waals surface area contributed by atoms with Crippen molar-refractivity contribution in [2.24, 2.45) is 5.92 Å². The van der Waals surface area contributed by atoms with Crippen molar-refractivity contribution in [2.75, 3.05) is 26.3 Å². The Morgan fingerprint density at radius 2 is 2.18 bits per heavy atom. The Morgan fingerprint density at radius 3 is 2.91 bits per heavy atom. The zero-order valence-electron chi connectivity index (χ0n) is 12.5. The van der Waals surface area contributed by atoms with Crippen LogP contribution in [0, 0.1) is 5.92 Å². The molecule has 1 saturated heterocycles. The number of aliphatic hydroxyl groups is 1. The van der Waals surface area contributed by atoms with Crippen LogP contribution in [-0.2, 0) is 13.0 Å². The topological polar surface area (TPSA) is 61.8 Å². The van der Waals surface area contributed by atoms with Crippen LogP contribution in [0.5, 0.6) is 5.75 Å². The summed E-state index contributed by atoms with van der Waals surface area (Å²) in [5.41, 5.74) is 2.04. The number of fused-ring (bicyclic) bond motifs is 1. The lowest BCUT2D eigenvalue weighted by Crippen LogP contribution is -2.44. The number of aliphatic hydroxyl groups excluding tert-OH is 1. The predicted molar refractivity (Wildman–Crippen MR) is 84.3 cm³/mol. The van der Waals surface area contributed by atoms with E-state index in [1.165, 1.54) is 0 Å². The first kappa shape index (κ1) is 15.4. The van der Waals surface area contributed by atoms with Gasteiger partial charge in [-0.15, -0.1) is 0 Å². The number of amides is 2. The number of urea groups is 1. The van der Waals surface area contributed by atoms with E-state index in [9.17, 15) is 4.79 Å². The molecule has 2 heterocycles.